The number of rotatable bonds is 7. The summed E-state index contributed by atoms with van der Waals surface area (Å²) < 4.78 is 1.81. The lowest BCUT2D eigenvalue weighted by Crippen LogP contribution is -2.17. The van der Waals surface area contributed by atoms with E-state index in [1.54, 1.807) is 36.5 Å². The highest BCUT2D eigenvalue weighted by Gasteiger charge is 2.09. The number of aryl methyl sites for hydroxylation is 1. The number of amides is 2. The molecule has 1 aromatic carbocycles. The van der Waals surface area contributed by atoms with Crippen molar-refractivity contribution in [2.24, 2.45) is 0 Å². The number of anilines is 2. The number of hydrogen-bond acceptors (Lipinski definition) is 6. The zero-order chi connectivity index (χ0) is 19.9. The average Bonchev–Trinajstić information content (AvgIpc) is 3.23. The summed E-state index contributed by atoms with van der Waals surface area (Å²) in [6.07, 6.45) is 1.67. The van der Waals surface area contributed by atoms with Gasteiger partial charge in [-0.3, -0.25) is 14.4 Å². The molecule has 0 unspecified atom stereocenters. The van der Waals surface area contributed by atoms with Gasteiger partial charge in [0.15, 0.2) is 5.16 Å². The number of thioether (sulfide) groups is 1. The molecule has 3 aromatic rings. The first-order valence-corrected chi connectivity index (χ1v) is 10.4. The first-order chi connectivity index (χ1) is 13.5. The Morgan fingerprint density at radius 1 is 1.11 bits per heavy atom. The third-order valence-corrected chi connectivity index (χ3v) is 5.55. The van der Waals surface area contributed by atoms with Crippen molar-refractivity contribution in [3.8, 4) is 0 Å². The van der Waals surface area contributed by atoms with Crippen LogP contribution < -0.4 is 16.2 Å². The van der Waals surface area contributed by atoms with Crippen molar-refractivity contribution in [1.82, 2.24) is 9.55 Å². The van der Waals surface area contributed by atoms with E-state index < -0.39 is 0 Å². The number of thiophene rings is 1. The second-order valence-corrected chi connectivity index (χ2v) is 7.57. The molecule has 2 heterocycles. The van der Waals surface area contributed by atoms with Crippen LogP contribution in [0.2, 0.25) is 0 Å². The van der Waals surface area contributed by atoms with Crippen LogP contribution in [0.5, 0.6) is 0 Å². The molecule has 2 amide bonds. The van der Waals surface area contributed by atoms with E-state index in [4.69, 9.17) is 0 Å². The van der Waals surface area contributed by atoms with E-state index in [-0.39, 0.29) is 23.1 Å². The van der Waals surface area contributed by atoms with Crippen molar-refractivity contribution < 1.29 is 9.59 Å². The molecule has 0 aliphatic carbocycles. The van der Waals surface area contributed by atoms with Crippen LogP contribution in [0.15, 0.2) is 64.0 Å². The van der Waals surface area contributed by atoms with Crippen molar-refractivity contribution in [1.29, 1.82) is 0 Å². The fourth-order valence-electron chi connectivity index (χ4n) is 2.33. The molecule has 0 spiro atoms. The molecule has 2 aromatic heterocycles. The van der Waals surface area contributed by atoms with E-state index in [9.17, 15) is 14.4 Å². The topological polar surface area (TPSA) is 93.1 Å². The maximum Gasteiger partial charge on any atom is 0.273 e. The second kappa shape index (κ2) is 9.34. The van der Waals surface area contributed by atoms with E-state index >= 15 is 0 Å². The minimum absolute atomic E-state index is 0.132. The molecule has 9 heteroatoms. The van der Waals surface area contributed by atoms with Gasteiger partial charge < -0.3 is 15.2 Å². The molecule has 3 rings (SSSR count). The number of hydrogen-bond donors (Lipinski definition) is 2. The van der Waals surface area contributed by atoms with Crippen LogP contribution in [-0.2, 0) is 11.3 Å². The maximum atomic E-state index is 12.2. The van der Waals surface area contributed by atoms with Gasteiger partial charge in [-0.2, -0.15) is 4.98 Å². The Balaban J connectivity index is 1.54. The van der Waals surface area contributed by atoms with E-state index in [1.807, 2.05) is 22.9 Å². The predicted octanol–water partition coefficient (Wildman–Crippen LogP) is 3.31. The fourth-order valence-corrected chi connectivity index (χ4v) is 3.80. The summed E-state index contributed by atoms with van der Waals surface area (Å²) in [4.78, 5) is 40.2. The van der Waals surface area contributed by atoms with Crippen LogP contribution >= 0.6 is 23.1 Å². The van der Waals surface area contributed by atoms with Crippen LogP contribution in [0, 0.1) is 0 Å². The van der Waals surface area contributed by atoms with E-state index in [1.165, 1.54) is 29.2 Å². The SMILES string of the molecule is CCn1ccc(=O)nc1SCC(=O)Nc1ccc(NC(=O)c2cccs2)cc1. The Morgan fingerprint density at radius 3 is 2.46 bits per heavy atom. The molecule has 2 N–H and O–H groups in total. The largest absolute Gasteiger partial charge is 0.328 e. The average molecular weight is 415 g/mol. The molecule has 0 saturated carbocycles. The first kappa shape index (κ1) is 19.8. The van der Waals surface area contributed by atoms with E-state index in [2.05, 4.69) is 15.6 Å². The standard InChI is InChI=1S/C19H18N4O3S2/c1-2-23-10-9-16(24)22-19(23)28-12-17(25)20-13-5-7-14(8-6-13)21-18(26)15-4-3-11-27-15/h3-11H,2,12H2,1H3,(H,20,25)(H,21,26). The van der Waals surface area contributed by atoms with Gasteiger partial charge in [0.1, 0.15) is 0 Å². The van der Waals surface area contributed by atoms with Crippen molar-refractivity contribution in [3.05, 3.63) is 69.3 Å². The number of carbonyl (C=O) groups is 2. The summed E-state index contributed by atoms with van der Waals surface area (Å²) in [7, 11) is 0. The lowest BCUT2D eigenvalue weighted by Gasteiger charge is -2.10. The van der Waals surface area contributed by atoms with Crippen LogP contribution in [0.25, 0.3) is 0 Å². The van der Waals surface area contributed by atoms with Gasteiger partial charge in [-0.15, -0.1) is 11.3 Å². The lowest BCUT2D eigenvalue weighted by atomic mass is 10.2. The molecule has 7 nitrogen and oxygen atoms in total. The minimum Gasteiger partial charge on any atom is -0.328 e. The number of nitrogens with zero attached hydrogens (tertiary/aromatic N) is 2. The van der Waals surface area contributed by atoms with Gasteiger partial charge in [0.25, 0.3) is 11.5 Å². The van der Waals surface area contributed by atoms with Crippen LogP contribution in [0.3, 0.4) is 0 Å². The third-order valence-electron chi connectivity index (χ3n) is 3.69. The Labute approximate surface area is 169 Å². The van der Waals surface area contributed by atoms with Gasteiger partial charge in [0.2, 0.25) is 5.91 Å². The van der Waals surface area contributed by atoms with E-state index in [0.29, 0.717) is 28.0 Å². The molecule has 0 bridgehead atoms. The van der Waals surface area contributed by atoms with Gasteiger partial charge in [-0.05, 0) is 42.6 Å². The highest BCUT2D eigenvalue weighted by molar-refractivity contribution is 7.99. The highest BCUT2D eigenvalue weighted by Crippen LogP contribution is 2.18. The van der Waals surface area contributed by atoms with E-state index in [0.717, 1.165) is 0 Å². The highest BCUT2D eigenvalue weighted by atomic mass is 32.2. The molecule has 144 valence electrons. The molecular formula is C19H18N4O3S2. The number of benzene rings is 1. The molecule has 0 atom stereocenters. The number of nitrogens with one attached hydrogen (secondary N) is 2. The smallest absolute Gasteiger partial charge is 0.273 e. The summed E-state index contributed by atoms with van der Waals surface area (Å²) in [6.45, 7) is 2.60. The monoisotopic (exact) mass is 414 g/mol. The van der Waals surface area contributed by atoms with Crippen LogP contribution in [0.1, 0.15) is 16.6 Å². The van der Waals surface area contributed by atoms with Gasteiger partial charge >= 0.3 is 0 Å². The summed E-state index contributed by atoms with van der Waals surface area (Å²) in [5.41, 5.74) is 0.938. The molecule has 0 fully saturated rings. The number of aromatic nitrogens is 2. The normalized spacial score (nSPS) is 10.5. The summed E-state index contributed by atoms with van der Waals surface area (Å²) in [5.74, 6) is -0.241. The van der Waals surface area contributed by atoms with Gasteiger partial charge in [-0.1, -0.05) is 17.8 Å². The Morgan fingerprint density at radius 2 is 1.82 bits per heavy atom. The Kier molecular flexibility index (Phi) is 6.62. The maximum absolute atomic E-state index is 12.2. The molecular weight excluding hydrogens is 396 g/mol. The van der Waals surface area contributed by atoms with Crippen LogP contribution in [-0.4, -0.2) is 27.1 Å². The quantitative estimate of drug-likeness (QED) is 0.457. The predicted molar refractivity (Wildman–Crippen MR) is 112 cm³/mol. The Hall–Kier alpha value is -2.91. The van der Waals surface area contributed by atoms with Crippen molar-refractivity contribution in [3.63, 3.8) is 0 Å². The fraction of sp³-hybridized carbons (Fsp3) is 0.158. The summed E-state index contributed by atoms with van der Waals surface area (Å²) in [5, 5.41) is 7.94. The van der Waals surface area contributed by atoms with Crippen molar-refractivity contribution in [2.45, 2.75) is 18.6 Å². The van der Waals surface area contributed by atoms with Gasteiger partial charge in [0.05, 0.1) is 10.6 Å². The molecule has 0 radical (unpaired) electrons. The molecule has 0 aliphatic heterocycles. The molecule has 28 heavy (non-hydrogen) atoms. The van der Waals surface area contributed by atoms with Crippen molar-refractivity contribution in [2.75, 3.05) is 16.4 Å². The lowest BCUT2D eigenvalue weighted by molar-refractivity contribution is -0.113. The van der Waals surface area contributed by atoms with Gasteiger partial charge in [0, 0.05) is 30.2 Å². The van der Waals surface area contributed by atoms with Gasteiger partial charge in [-0.25, -0.2) is 0 Å². The Bertz CT molecular complexity index is 1010. The zero-order valence-electron chi connectivity index (χ0n) is 15.0. The summed E-state index contributed by atoms with van der Waals surface area (Å²) in [6, 6.07) is 11.9. The first-order valence-electron chi connectivity index (χ1n) is 8.50. The third kappa shape index (κ3) is 5.30. The number of carbonyl (C=O) groups excluding carboxylic acids is 2. The van der Waals surface area contributed by atoms with Crippen LogP contribution in [0.4, 0.5) is 11.4 Å². The molecule has 0 saturated heterocycles. The molecule has 0 aliphatic rings. The van der Waals surface area contributed by atoms with Crippen molar-refractivity contribution >= 4 is 46.3 Å². The zero-order valence-corrected chi connectivity index (χ0v) is 16.7. The minimum atomic E-state index is -0.326. The summed E-state index contributed by atoms with van der Waals surface area (Å²) >= 11 is 2.58. The second-order valence-electron chi connectivity index (χ2n) is 5.68.